The number of sulfonamides is 1. The second kappa shape index (κ2) is 11.1. The van der Waals surface area contributed by atoms with Gasteiger partial charge in [0.2, 0.25) is 5.91 Å². The molecule has 11 heteroatoms. The maximum Gasteiger partial charge on any atom is 0.264 e. The largest absolute Gasteiger partial charge is 0.490 e. The molecule has 0 radical (unpaired) electrons. The van der Waals surface area contributed by atoms with Crippen molar-refractivity contribution in [1.82, 2.24) is 4.72 Å². The van der Waals surface area contributed by atoms with Crippen molar-refractivity contribution in [2.75, 3.05) is 31.7 Å². The first-order valence-corrected chi connectivity index (χ1v) is 16.3. The molecule has 1 saturated carbocycles. The smallest absolute Gasteiger partial charge is 0.264 e. The van der Waals surface area contributed by atoms with Gasteiger partial charge in [-0.3, -0.25) is 4.79 Å². The van der Waals surface area contributed by atoms with Crippen LogP contribution in [-0.4, -0.2) is 53.2 Å². The van der Waals surface area contributed by atoms with Gasteiger partial charge in [0.05, 0.1) is 29.7 Å². The Morgan fingerprint density at radius 2 is 2.00 bits per heavy atom. The minimum Gasteiger partial charge on any atom is -0.490 e. The molecule has 2 aromatic carbocycles. The number of carbonyl (C=O) groups is 1. The Bertz CT molecular complexity index is 1520. The van der Waals surface area contributed by atoms with Gasteiger partial charge in [0, 0.05) is 37.1 Å². The van der Waals surface area contributed by atoms with E-state index in [9.17, 15) is 22.0 Å². The van der Waals surface area contributed by atoms with Crippen molar-refractivity contribution in [2.45, 2.75) is 67.3 Å². The normalized spacial score (nSPS) is 31.0. The molecule has 2 bridgehead atoms. The van der Waals surface area contributed by atoms with Crippen molar-refractivity contribution in [1.29, 1.82) is 0 Å². The summed E-state index contributed by atoms with van der Waals surface area (Å²) in [5.41, 5.74) is 2.67. The van der Waals surface area contributed by atoms with Crippen molar-refractivity contribution in [3.05, 3.63) is 64.7 Å². The zero-order chi connectivity index (χ0) is 29.7. The minimum absolute atomic E-state index is 0.115. The van der Waals surface area contributed by atoms with Crippen LogP contribution in [-0.2, 0) is 31.4 Å². The fourth-order valence-corrected chi connectivity index (χ4v) is 8.32. The first kappa shape index (κ1) is 29.4. The van der Waals surface area contributed by atoms with E-state index in [1.165, 1.54) is 29.3 Å². The standard InChI is InChI=1S/C31H35ClF2N2O5S/c1-40-27-5-3-13-31(33,34)16-29(37)35-42(38,39)23-8-11-28-26(15-23)36(17-21-6-9-24(21)27)18-30(19-41-28)12-2-4-20-14-22(32)7-10-25(20)30/h3,5,7-8,10-11,14-15,21,24,27H,2,4,6,9,12-13,16-19H2,1H3,(H,35,37)/b5-3+/t21-,24+,27-,30-/m0/s1. The number of hydrogen-bond acceptors (Lipinski definition) is 6. The van der Waals surface area contributed by atoms with E-state index in [0.29, 0.717) is 36.2 Å². The van der Waals surface area contributed by atoms with Gasteiger partial charge in [0.25, 0.3) is 15.9 Å². The van der Waals surface area contributed by atoms with Crippen LogP contribution in [0.1, 0.15) is 49.7 Å². The minimum atomic E-state index is -4.40. The molecule has 6 rings (SSSR count). The summed E-state index contributed by atoms with van der Waals surface area (Å²) in [5, 5.41) is 0.694. The van der Waals surface area contributed by atoms with Gasteiger partial charge in [-0.25, -0.2) is 21.9 Å². The molecule has 0 unspecified atom stereocenters. The Kier molecular flexibility index (Phi) is 7.77. The second-order valence-electron chi connectivity index (χ2n) is 12.1. The summed E-state index contributed by atoms with van der Waals surface area (Å²) in [5.74, 6) is -3.81. The molecule has 2 aliphatic carbocycles. The van der Waals surface area contributed by atoms with Crippen molar-refractivity contribution in [3.63, 3.8) is 0 Å². The summed E-state index contributed by atoms with van der Waals surface area (Å²) in [7, 11) is -2.82. The van der Waals surface area contributed by atoms with Crippen molar-refractivity contribution in [2.24, 2.45) is 11.8 Å². The van der Waals surface area contributed by atoms with Gasteiger partial charge in [-0.1, -0.05) is 29.8 Å². The number of amides is 1. The average Bonchev–Trinajstić information content (AvgIpc) is 3.06. The molecule has 0 aromatic heterocycles. The number of hydrogen-bond donors (Lipinski definition) is 1. The quantitative estimate of drug-likeness (QED) is 0.415. The number of aryl methyl sites for hydroxylation is 1. The Morgan fingerprint density at radius 3 is 2.76 bits per heavy atom. The summed E-state index contributed by atoms with van der Waals surface area (Å²) < 4.78 is 69.6. The molecule has 2 heterocycles. The molecular weight excluding hydrogens is 586 g/mol. The second-order valence-corrected chi connectivity index (χ2v) is 14.2. The Balaban J connectivity index is 1.44. The first-order chi connectivity index (χ1) is 20.0. The van der Waals surface area contributed by atoms with Gasteiger partial charge in [-0.05, 0) is 85.4 Å². The number of methoxy groups -OCH3 is 1. The highest BCUT2D eigenvalue weighted by Crippen LogP contribution is 2.47. The van der Waals surface area contributed by atoms with E-state index in [4.69, 9.17) is 21.1 Å². The fourth-order valence-electron chi connectivity index (χ4n) is 7.12. The lowest BCUT2D eigenvalue weighted by atomic mass is 9.68. The Labute approximate surface area is 250 Å². The maximum atomic E-state index is 14.6. The topological polar surface area (TPSA) is 84.9 Å². The number of halogens is 3. The van der Waals surface area contributed by atoms with Crippen LogP contribution in [0.5, 0.6) is 5.75 Å². The van der Waals surface area contributed by atoms with Gasteiger partial charge < -0.3 is 14.4 Å². The van der Waals surface area contributed by atoms with Gasteiger partial charge in [-0.15, -0.1) is 0 Å². The SMILES string of the molecule is CO[C@H]1/C=C/CC(F)(F)CC(=O)NS(=O)(=O)c2ccc3c(c2)N(C[C@@H]2CC[C@H]21)C[C@@]1(CCCc2cc(Cl)ccc21)CO3. The van der Waals surface area contributed by atoms with E-state index in [2.05, 4.69) is 11.0 Å². The summed E-state index contributed by atoms with van der Waals surface area (Å²) >= 11 is 6.36. The number of carbonyl (C=O) groups excluding carboxylic acids is 1. The summed E-state index contributed by atoms with van der Waals surface area (Å²) in [6.45, 7) is 1.64. The van der Waals surface area contributed by atoms with Gasteiger partial charge in [-0.2, -0.15) is 0 Å². The molecule has 7 nitrogen and oxygen atoms in total. The van der Waals surface area contributed by atoms with E-state index in [1.54, 1.807) is 19.3 Å². The third-order valence-corrected chi connectivity index (χ3v) is 11.0. The molecule has 4 aliphatic rings. The van der Waals surface area contributed by atoms with Crippen LogP contribution in [0.4, 0.5) is 14.5 Å². The number of allylic oxidation sites excluding steroid dienone is 1. The number of ether oxygens (including phenoxy) is 2. The van der Waals surface area contributed by atoms with Gasteiger partial charge in [0.15, 0.2) is 0 Å². The number of fused-ring (bicyclic) bond motifs is 4. The third kappa shape index (κ3) is 5.65. The van der Waals surface area contributed by atoms with Crippen LogP contribution in [0, 0.1) is 11.8 Å². The molecule has 1 N–H and O–H groups in total. The maximum absolute atomic E-state index is 14.6. The van der Waals surface area contributed by atoms with Crippen LogP contribution in [0.2, 0.25) is 5.02 Å². The van der Waals surface area contributed by atoms with E-state index in [-0.39, 0.29) is 28.3 Å². The number of nitrogens with zero attached hydrogens (tertiary/aromatic N) is 1. The molecule has 4 atom stereocenters. The van der Waals surface area contributed by atoms with Crippen LogP contribution < -0.4 is 14.4 Å². The van der Waals surface area contributed by atoms with Crippen molar-refractivity contribution >= 4 is 33.2 Å². The number of alkyl halides is 2. The van der Waals surface area contributed by atoms with Crippen LogP contribution >= 0.6 is 11.6 Å². The molecule has 1 amide bonds. The summed E-state index contributed by atoms with van der Waals surface area (Å²) in [4.78, 5) is 14.5. The average molecular weight is 621 g/mol. The lowest BCUT2D eigenvalue weighted by Crippen LogP contribution is -2.49. The number of nitrogens with one attached hydrogen (secondary N) is 1. The molecular formula is C31H35ClF2N2O5S. The van der Waals surface area contributed by atoms with Crippen molar-refractivity contribution < 1.29 is 31.5 Å². The highest BCUT2D eigenvalue weighted by atomic mass is 35.5. The number of benzene rings is 2. The zero-order valence-electron chi connectivity index (χ0n) is 23.5. The van der Waals surface area contributed by atoms with Crippen molar-refractivity contribution in [3.8, 4) is 5.75 Å². The monoisotopic (exact) mass is 620 g/mol. The molecule has 226 valence electrons. The van der Waals surface area contributed by atoms with E-state index in [0.717, 1.165) is 32.1 Å². The number of anilines is 1. The summed E-state index contributed by atoms with van der Waals surface area (Å²) in [6, 6.07) is 10.5. The molecule has 1 fully saturated rings. The predicted octanol–water partition coefficient (Wildman–Crippen LogP) is 5.64. The van der Waals surface area contributed by atoms with Gasteiger partial charge >= 0.3 is 0 Å². The van der Waals surface area contributed by atoms with E-state index in [1.807, 2.05) is 16.9 Å². The molecule has 2 aromatic rings. The molecule has 0 saturated heterocycles. The van der Waals surface area contributed by atoms with E-state index < -0.39 is 34.7 Å². The highest BCUT2D eigenvalue weighted by Gasteiger charge is 2.45. The van der Waals surface area contributed by atoms with Crippen LogP contribution in [0.15, 0.2) is 53.4 Å². The third-order valence-electron chi connectivity index (χ3n) is 9.35. The fraction of sp³-hybridized carbons (Fsp3) is 0.516. The molecule has 42 heavy (non-hydrogen) atoms. The van der Waals surface area contributed by atoms with E-state index >= 15 is 0 Å². The molecule has 2 aliphatic heterocycles. The Hall–Kier alpha value is -2.69. The van der Waals surface area contributed by atoms with Crippen LogP contribution in [0.25, 0.3) is 0 Å². The van der Waals surface area contributed by atoms with Crippen LogP contribution in [0.3, 0.4) is 0 Å². The zero-order valence-corrected chi connectivity index (χ0v) is 25.0. The predicted molar refractivity (Wildman–Crippen MR) is 156 cm³/mol. The lowest BCUT2D eigenvalue weighted by Gasteiger charge is -2.46. The van der Waals surface area contributed by atoms with Gasteiger partial charge in [0.1, 0.15) is 5.75 Å². The highest BCUT2D eigenvalue weighted by molar-refractivity contribution is 7.90. The number of rotatable bonds is 1. The lowest BCUT2D eigenvalue weighted by molar-refractivity contribution is -0.126. The first-order valence-electron chi connectivity index (χ1n) is 14.4. The summed E-state index contributed by atoms with van der Waals surface area (Å²) in [6.07, 6.45) is 5.36. The Morgan fingerprint density at radius 1 is 1.17 bits per heavy atom. The molecule has 1 spiro atoms.